The third-order valence-electron chi connectivity index (χ3n) is 5.32. The average molecular weight is 416 g/mol. The Hall–Kier alpha value is -2.49. The summed E-state index contributed by atoms with van der Waals surface area (Å²) in [5, 5.41) is 19.3. The smallest absolute Gasteiger partial charge is 0.481 e. The second-order valence-corrected chi connectivity index (χ2v) is 7.51. The van der Waals surface area contributed by atoms with Gasteiger partial charge >= 0.3 is 18.4 Å². The van der Waals surface area contributed by atoms with Crippen molar-refractivity contribution in [2.75, 3.05) is 26.2 Å². The van der Waals surface area contributed by atoms with Crippen LogP contribution in [0.2, 0.25) is 0 Å². The molecule has 10 heteroatoms. The molecule has 160 valence electrons. The quantitative estimate of drug-likeness (QED) is 0.791. The summed E-state index contributed by atoms with van der Waals surface area (Å²) in [5.74, 6) is -2.49. The van der Waals surface area contributed by atoms with Gasteiger partial charge in [0.05, 0.1) is 12.0 Å². The van der Waals surface area contributed by atoms with E-state index in [1.807, 2.05) is 0 Å². The molecule has 1 aromatic carbocycles. The summed E-state index contributed by atoms with van der Waals surface area (Å²) in [6, 6.07) is 4.96. The number of urea groups is 1. The van der Waals surface area contributed by atoms with Gasteiger partial charge < -0.3 is 24.7 Å². The van der Waals surface area contributed by atoms with Gasteiger partial charge in [-0.25, -0.2) is 4.79 Å². The van der Waals surface area contributed by atoms with Gasteiger partial charge in [-0.15, -0.1) is 13.2 Å². The Kier molecular flexibility index (Phi) is 6.21. The van der Waals surface area contributed by atoms with Crippen LogP contribution in [-0.2, 0) is 4.79 Å². The van der Waals surface area contributed by atoms with E-state index in [9.17, 15) is 33.0 Å². The lowest BCUT2D eigenvalue weighted by molar-refractivity contribution is -0.274. The third kappa shape index (κ3) is 5.53. The first kappa shape index (κ1) is 21.2. The minimum absolute atomic E-state index is 0.0620. The number of alkyl halides is 3. The minimum atomic E-state index is -4.79. The molecule has 0 bridgehead atoms. The maximum atomic E-state index is 12.9. The summed E-state index contributed by atoms with van der Waals surface area (Å²) in [5.41, 5.74) is 0.641. The van der Waals surface area contributed by atoms with E-state index in [4.69, 9.17) is 0 Å². The molecule has 2 amide bonds. The molecular formula is C19H23F3N2O5. The predicted molar refractivity (Wildman–Crippen MR) is 95.4 cm³/mol. The maximum absolute atomic E-state index is 12.9. The number of nitrogens with zero attached hydrogens (tertiary/aromatic N) is 2. The first-order valence-corrected chi connectivity index (χ1v) is 9.43. The molecule has 7 nitrogen and oxygen atoms in total. The Morgan fingerprint density at radius 1 is 1.07 bits per heavy atom. The van der Waals surface area contributed by atoms with Crippen molar-refractivity contribution in [2.24, 2.45) is 5.92 Å². The molecule has 2 saturated heterocycles. The van der Waals surface area contributed by atoms with Crippen molar-refractivity contribution in [2.45, 2.75) is 37.6 Å². The highest BCUT2D eigenvalue weighted by Gasteiger charge is 2.37. The van der Waals surface area contributed by atoms with E-state index in [1.54, 1.807) is 0 Å². The van der Waals surface area contributed by atoms with Crippen molar-refractivity contribution >= 4 is 12.0 Å². The van der Waals surface area contributed by atoms with Crippen LogP contribution in [0.25, 0.3) is 0 Å². The van der Waals surface area contributed by atoms with Crippen LogP contribution in [0.3, 0.4) is 0 Å². The number of β-amino-alcohol motifs (C(OH)–C–C–N with tert-alkyl or cyclic N) is 1. The average Bonchev–Trinajstić information content (AvgIpc) is 2.66. The number of amides is 2. The first-order chi connectivity index (χ1) is 13.6. The molecule has 2 heterocycles. The van der Waals surface area contributed by atoms with Gasteiger partial charge in [-0.3, -0.25) is 4.79 Å². The van der Waals surface area contributed by atoms with Crippen LogP contribution in [-0.4, -0.2) is 70.7 Å². The van der Waals surface area contributed by atoms with Crippen molar-refractivity contribution in [3.63, 3.8) is 0 Å². The molecule has 0 aliphatic carbocycles. The zero-order valence-corrected chi connectivity index (χ0v) is 15.6. The van der Waals surface area contributed by atoms with Gasteiger partial charge in [0, 0.05) is 32.1 Å². The topological polar surface area (TPSA) is 90.3 Å². The number of benzene rings is 1. The Morgan fingerprint density at radius 3 is 2.34 bits per heavy atom. The number of rotatable bonds is 3. The molecule has 1 aromatic rings. The van der Waals surface area contributed by atoms with Crippen molar-refractivity contribution in [1.29, 1.82) is 0 Å². The summed E-state index contributed by atoms with van der Waals surface area (Å²) in [7, 11) is 0. The Balaban J connectivity index is 1.74. The van der Waals surface area contributed by atoms with Crippen LogP contribution < -0.4 is 4.74 Å². The number of carboxylic acid groups (broad SMARTS) is 1. The highest BCUT2D eigenvalue weighted by molar-refractivity contribution is 5.77. The number of aliphatic hydroxyl groups is 1. The molecule has 3 unspecified atom stereocenters. The molecule has 0 radical (unpaired) electrons. The molecule has 2 N–H and O–H groups in total. The number of likely N-dealkylation sites (tertiary alicyclic amines) is 2. The van der Waals surface area contributed by atoms with E-state index in [0.717, 1.165) is 0 Å². The van der Waals surface area contributed by atoms with Crippen LogP contribution in [0.4, 0.5) is 18.0 Å². The molecule has 0 spiro atoms. The number of ether oxygens (including phenoxy) is 1. The lowest BCUT2D eigenvalue weighted by Crippen LogP contribution is -2.53. The van der Waals surface area contributed by atoms with Gasteiger partial charge in [-0.05, 0) is 37.0 Å². The maximum Gasteiger partial charge on any atom is 0.573 e. The van der Waals surface area contributed by atoms with Crippen LogP contribution in [0.1, 0.15) is 30.7 Å². The SMILES string of the molecule is O=C(O)C1CC(c2ccc(OC(F)(F)F)cc2)CN(C(=O)N2CCCC(O)C2)C1. The monoisotopic (exact) mass is 416 g/mol. The zero-order valence-electron chi connectivity index (χ0n) is 15.6. The number of aliphatic hydroxyl groups excluding tert-OH is 1. The number of hydrogen-bond donors (Lipinski definition) is 2. The fourth-order valence-corrected chi connectivity index (χ4v) is 3.95. The number of carbonyl (C=O) groups excluding carboxylic acids is 1. The van der Waals surface area contributed by atoms with Gasteiger partial charge in [0.25, 0.3) is 0 Å². The first-order valence-electron chi connectivity index (χ1n) is 9.43. The molecule has 2 aliphatic heterocycles. The van der Waals surface area contributed by atoms with Crippen molar-refractivity contribution in [3.8, 4) is 5.75 Å². The number of carbonyl (C=O) groups is 2. The fourth-order valence-electron chi connectivity index (χ4n) is 3.95. The Bertz CT molecular complexity index is 740. The number of carboxylic acids is 1. The molecule has 2 fully saturated rings. The van der Waals surface area contributed by atoms with Crippen LogP contribution in [0, 0.1) is 5.92 Å². The summed E-state index contributed by atoms with van der Waals surface area (Å²) in [6.45, 7) is 1.03. The predicted octanol–water partition coefficient (Wildman–Crippen LogP) is 2.65. The molecule has 3 atom stereocenters. The van der Waals surface area contributed by atoms with Crippen molar-refractivity contribution < 1.29 is 37.7 Å². The van der Waals surface area contributed by atoms with E-state index >= 15 is 0 Å². The molecule has 29 heavy (non-hydrogen) atoms. The van der Waals surface area contributed by atoms with Crippen LogP contribution in [0.5, 0.6) is 5.75 Å². The van der Waals surface area contributed by atoms with Crippen LogP contribution in [0.15, 0.2) is 24.3 Å². The van der Waals surface area contributed by atoms with Crippen molar-refractivity contribution in [3.05, 3.63) is 29.8 Å². The molecule has 0 aromatic heterocycles. The van der Waals surface area contributed by atoms with E-state index in [2.05, 4.69) is 4.74 Å². The third-order valence-corrected chi connectivity index (χ3v) is 5.32. The summed E-state index contributed by atoms with van der Waals surface area (Å²) in [4.78, 5) is 27.4. The number of aliphatic carboxylic acids is 1. The van der Waals surface area contributed by atoms with E-state index in [0.29, 0.717) is 24.9 Å². The van der Waals surface area contributed by atoms with Crippen molar-refractivity contribution in [1.82, 2.24) is 9.80 Å². The Morgan fingerprint density at radius 2 is 1.76 bits per heavy atom. The van der Waals surface area contributed by atoms with Gasteiger partial charge in [0.15, 0.2) is 0 Å². The lowest BCUT2D eigenvalue weighted by Gasteiger charge is -2.40. The number of hydrogen-bond acceptors (Lipinski definition) is 4. The van der Waals surface area contributed by atoms with E-state index in [-0.39, 0.29) is 43.8 Å². The molecule has 3 rings (SSSR count). The molecule has 2 aliphatic rings. The largest absolute Gasteiger partial charge is 0.573 e. The number of piperidine rings is 2. The Labute approximate surface area is 165 Å². The van der Waals surface area contributed by atoms with Gasteiger partial charge in [-0.1, -0.05) is 12.1 Å². The van der Waals surface area contributed by atoms with E-state index < -0.39 is 24.4 Å². The second-order valence-electron chi connectivity index (χ2n) is 7.51. The minimum Gasteiger partial charge on any atom is -0.481 e. The molecular weight excluding hydrogens is 393 g/mol. The van der Waals surface area contributed by atoms with E-state index in [1.165, 1.54) is 34.1 Å². The lowest BCUT2D eigenvalue weighted by atomic mass is 9.84. The normalized spacial score (nSPS) is 25.6. The standard InChI is InChI=1S/C19H23F3N2O5/c20-19(21,22)29-16-5-3-12(4-6-16)13-8-14(17(26)27)10-24(9-13)18(28)23-7-1-2-15(25)11-23/h3-6,13-15,25H,1-2,7-11H2,(H,26,27). The highest BCUT2D eigenvalue weighted by Crippen LogP contribution is 2.33. The van der Waals surface area contributed by atoms with Gasteiger partial charge in [0.2, 0.25) is 0 Å². The second kappa shape index (κ2) is 8.48. The molecule has 0 saturated carbocycles. The summed E-state index contributed by atoms with van der Waals surface area (Å²) < 4.78 is 40.8. The fraction of sp³-hybridized carbons (Fsp3) is 0.579. The number of halogens is 3. The highest BCUT2D eigenvalue weighted by atomic mass is 19.4. The summed E-state index contributed by atoms with van der Waals surface area (Å²) in [6.07, 6.45) is -3.81. The van der Waals surface area contributed by atoms with Gasteiger partial charge in [-0.2, -0.15) is 0 Å². The van der Waals surface area contributed by atoms with Crippen LogP contribution >= 0.6 is 0 Å². The van der Waals surface area contributed by atoms with Gasteiger partial charge in [0.1, 0.15) is 5.75 Å². The zero-order chi connectivity index (χ0) is 21.2. The summed E-state index contributed by atoms with van der Waals surface area (Å²) >= 11 is 0.